The summed E-state index contributed by atoms with van der Waals surface area (Å²) in [4.78, 5) is 37.5. The molecule has 0 radical (unpaired) electrons. The van der Waals surface area contributed by atoms with Crippen LogP contribution in [0.3, 0.4) is 0 Å². The number of hydrogen-bond acceptors (Lipinski definition) is 4. The number of rotatable bonds is 5. The highest BCUT2D eigenvalue weighted by atomic mass is 16.2. The van der Waals surface area contributed by atoms with Crippen LogP contribution in [0.1, 0.15) is 33.6 Å². The lowest BCUT2D eigenvalue weighted by Crippen LogP contribution is -2.31. The van der Waals surface area contributed by atoms with Crippen molar-refractivity contribution in [2.75, 3.05) is 17.6 Å². The van der Waals surface area contributed by atoms with Crippen molar-refractivity contribution in [1.29, 1.82) is 0 Å². The van der Waals surface area contributed by atoms with E-state index in [-0.39, 0.29) is 30.7 Å². The molecule has 0 saturated carbocycles. The van der Waals surface area contributed by atoms with Gasteiger partial charge in [0, 0.05) is 24.3 Å². The molecule has 0 aliphatic carbocycles. The van der Waals surface area contributed by atoms with Crippen LogP contribution >= 0.6 is 0 Å². The molecule has 0 spiro atoms. The van der Waals surface area contributed by atoms with Crippen LogP contribution in [0.25, 0.3) is 0 Å². The molecular formula is C18H17N3O3. The summed E-state index contributed by atoms with van der Waals surface area (Å²) >= 11 is 0. The van der Waals surface area contributed by atoms with Crippen molar-refractivity contribution in [3.63, 3.8) is 0 Å². The van der Waals surface area contributed by atoms with Crippen molar-refractivity contribution in [3.8, 4) is 0 Å². The average Bonchev–Trinajstić information content (AvgIpc) is 2.80. The van der Waals surface area contributed by atoms with E-state index >= 15 is 0 Å². The standard InChI is InChI=1S/C18H17N3O3/c19-12-5-3-6-13(11-12)20-16(22)9-4-10-21-17(23)14-7-1-2-8-15(14)18(21)24/h1-3,5-8,11H,4,9-10,19H2,(H,20,22). The minimum Gasteiger partial charge on any atom is -0.399 e. The molecule has 0 aromatic heterocycles. The first-order valence-corrected chi connectivity index (χ1v) is 7.67. The van der Waals surface area contributed by atoms with Gasteiger partial charge < -0.3 is 11.1 Å². The fraction of sp³-hybridized carbons (Fsp3) is 0.167. The van der Waals surface area contributed by atoms with Crippen molar-refractivity contribution in [2.45, 2.75) is 12.8 Å². The number of benzene rings is 2. The van der Waals surface area contributed by atoms with Gasteiger partial charge in [-0.2, -0.15) is 0 Å². The molecule has 2 aromatic carbocycles. The smallest absolute Gasteiger partial charge is 0.261 e. The van der Waals surface area contributed by atoms with Gasteiger partial charge in [0.25, 0.3) is 11.8 Å². The van der Waals surface area contributed by atoms with Crippen molar-refractivity contribution in [2.24, 2.45) is 0 Å². The lowest BCUT2D eigenvalue weighted by atomic mass is 10.1. The Morgan fingerprint density at radius 1 is 1.00 bits per heavy atom. The number of nitrogens with one attached hydrogen (secondary N) is 1. The van der Waals surface area contributed by atoms with Crippen LogP contribution in [0, 0.1) is 0 Å². The number of nitrogens with two attached hydrogens (primary N) is 1. The predicted octanol–water partition coefficient (Wildman–Crippen LogP) is 2.28. The highest BCUT2D eigenvalue weighted by molar-refractivity contribution is 6.21. The summed E-state index contributed by atoms with van der Waals surface area (Å²) in [5.74, 6) is -0.782. The molecule has 1 heterocycles. The van der Waals surface area contributed by atoms with Gasteiger partial charge in [0.15, 0.2) is 0 Å². The molecule has 3 rings (SSSR count). The van der Waals surface area contributed by atoms with E-state index in [1.54, 1.807) is 48.5 Å². The Hall–Kier alpha value is -3.15. The number of fused-ring (bicyclic) bond motifs is 1. The molecule has 0 saturated heterocycles. The van der Waals surface area contributed by atoms with E-state index in [1.165, 1.54) is 4.90 Å². The average molecular weight is 323 g/mol. The van der Waals surface area contributed by atoms with E-state index in [0.717, 1.165) is 0 Å². The third-order valence-corrected chi connectivity index (χ3v) is 3.83. The summed E-state index contributed by atoms with van der Waals surface area (Å²) < 4.78 is 0. The van der Waals surface area contributed by atoms with E-state index in [0.29, 0.717) is 28.9 Å². The lowest BCUT2D eigenvalue weighted by molar-refractivity contribution is -0.116. The number of carbonyl (C=O) groups excluding carboxylic acids is 3. The molecule has 6 heteroatoms. The number of imide groups is 1. The normalized spacial score (nSPS) is 13.1. The van der Waals surface area contributed by atoms with Gasteiger partial charge in [0.2, 0.25) is 5.91 Å². The van der Waals surface area contributed by atoms with Crippen molar-refractivity contribution < 1.29 is 14.4 Å². The van der Waals surface area contributed by atoms with Crippen molar-refractivity contribution in [3.05, 3.63) is 59.7 Å². The van der Waals surface area contributed by atoms with Gasteiger partial charge in [-0.25, -0.2) is 0 Å². The molecule has 3 amide bonds. The third kappa shape index (κ3) is 3.12. The molecular weight excluding hydrogens is 306 g/mol. The van der Waals surface area contributed by atoms with E-state index in [9.17, 15) is 14.4 Å². The first kappa shape index (κ1) is 15.7. The molecule has 0 fully saturated rings. The van der Waals surface area contributed by atoms with E-state index < -0.39 is 0 Å². The molecule has 3 N–H and O–H groups in total. The van der Waals surface area contributed by atoms with Crippen molar-refractivity contribution >= 4 is 29.1 Å². The minimum absolute atomic E-state index is 0.183. The highest BCUT2D eigenvalue weighted by Gasteiger charge is 2.34. The van der Waals surface area contributed by atoms with E-state index in [2.05, 4.69) is 5.32 Å². The molecule has 24 heavy (non-hydrogen) atoms. The molecule has 1 aliphatic rings. The summed E-state index contributed by atoms with van der Waals surface area (Å²) in [7, 11) is 0. The Labute approximate surface area is 139 Å². The number of anilines is 2. The second-order valence-electron chi connectivity index (χ2n) is 5.58. The van der Waals surface area contributed by atoms with Gasteiger partial charge in [-0.1, -0.05) is 18.2 Å². The summed E-state index contributed by atoms with van der Waals surface area (Å²) in [5, 5.41) is 2.74. The van der Waals surface area contributed by atoms with Gasteiger partial charge in [-0.3, -0.25) is 19.3 Å². The van der Waals surface area contributed by atoms with E-state index in [1.807, 2.05) is 0 Å². The maximum Gasteiger partial charge on any atom is 0.261 e. The molecule has 1 aliphatic heterocycles. The molecule has 2 aromatic rings. The summed E-state index contributed by atoms with van der Waals surface area (Å²) in [6, 6.07) is 13.6. The van der Waals surface area contributed by atoms with Gasteiger partial charge in [-0.05, 0) is 36.8 Å². The maximum atomic E-state index is 12.2. The minimum atomic E-state index is -0.299. The number of hydrogen-bond donors (Lipinski definition) is 2. The second kappa shape index (κ2) is 6.54. The van der Waals surface area contributed by atoms with Gasteiger partial charge in [-0.15, -0.1) is 0 Å². The quantitative estimate of drug-likeness (QED) is 0.652. The largest absolute Gasteiger partial charge is 0.399 e. The Kier molecular flexibility index (Phi) is 4.29. The Morgan fingerprint density at radius 2 is 1.67 bits per heavy atom. The first-order chi connectivity index (χ1) is 11.6. The SMILES string of the molecule is Nc1cccc(NC(=O)CCCN2C(=O)c3ccccc3C2=O)c1. The Bertz CT molecular complexity index is 782. The number of nitrogens with zero attached hydrogens (tertiary/aromatic N) is 1. The summed E-state index contributed by atoms with van der Waals surface area (Å²) in [6.07, 6.45) is 0.613. The molecule has 0 unspecified atom stereocenters. The van der Waals surface area contributed by atoms with Gasteiger partial charge >= 0.3 is 0 Å². The lowest BCUT2D eigenvalue weighted by Gasteiger charge is -2.13. The number of amides is 3. The fourth-order valence-electron chi connectivity index (χ4n) is 2.68. The van der Waals surface area contributed by atoms with Crippen LogP contribution in [0.2, 0.25) is 0 Å². The topological polar surface area (TPSA) is 92.5 Å². The highest BCUT2D eigenvalue weighted by Crippen LogP contribution is 2.22. The monoisotopic (exact) mass is 323 g/mol. The fourth-order valence-corrected chi connectivity index (χ4v) is 2.68. The second-order valence-corrected chi connectivity index (χ2v) is 5.58. The predicted molar refractivity (Wildman–Crippen MR) is 90.5 cm³/mol. The zero-order valence-electron chi connectivity index (χ0n) is 13.0. The molecule has 0 bridgehead atoms. The molecule has 0 atom stereocenters. The van der Waals surface area contributed by atoms with E-state index in [4.69, 9.17) is 5.73 Å². The van der Waals surface area contributed by atoms with Crippen LogP contribution in [-0.4, -0.2) is 29.2 Å². The van der Waals surface area contributed by atoms with Crippen LogP contribution in [0.15, 0.2) is 48.5 Å². The number of nitrogen functional groups attached to an aromatic ring is 1. The van der Waals surface area contributed by atoms with Crippen LogP contribution < -0.4 is 11.1 Å². The molecule has 122 valence electrons. The van der Waals surface area contributed by atoms with Gasteiger partial charge in [0.1, 0.15) is 0 Å². The van der Waals surface area contributed by atoms with Crippen LogP contribution in [-0.2, 0) is 4.79 Å². The summed E-state index contributed by atoms with van der Waals surface area (Å²) in [6.45, 7) is 0.219. The first-order valence-electron chi connectivity index (χ1n) is 7.67. The Balaban J connectivity index is 1.53. The zero-order valence-corrected chi connectivity index (χ0v) is 13.0. The zero-order chi connectivity index (χ0) is 17.1. The van der Waals surface area contributed by atoms with Crippen LogP contribution in [0.5, 0.6) is 0 Å². The van der Waals surface area contributed by atoms with Crippen molar-refractivity contribution in [1.82, 2.24) is 4.90 Å². The molecule has 6 nitrogen and oxygen atoms in total. The third-order valence-electron chi connectivity index (χ3n) is 3.83. The summed E-state index contributed by atoms with van der Waals surface area (Å²) in [5.41, 5.74) is 7.70. The number of carbonyl (C=O) groups is 3. The van der Waals surface area contributed by atoms with Gasteiger partial charge in [0.05, 0.1) is 11.1 Å². The maximum absolute atomic E-state index is 12.2. The van der Waals surface area contributed by atoms with Crippen LogP contribution in [0.4, 0.5) is 11.4 Å². The Morgan fingerprint density at radius 3 is 2.29 bits per heavy atom.